The number of carbonyl (C=O) groups is 1. The number of amides is 1. The van der Waals surface area contributed by atoms with Crippen LogP contribution in [0, 0.1) is 0 Å². The topological polar surface area (TPSA) is 89.8 Å². The standard InChI is InChI=1S/C62H121NO4/c1-3-5-7-9-11-13-15-17-19-21-23-25-26-27-28-29-30-31-32-33-34-35-37-39-41-43-45-47-49-51-53-55-57-61(66)62(67)63-59(58-64)60(65)56-54-52-50-48-46-44-42-40-38-36-24-22-20-18-16-14-12-10-8-6-4-2/h27-28,54,56,59-61,64-66H,3-26,29-53,55,57-58H2,1-2H3,(H,63,67)/b28-27-,56-54+. The summed E-state index contributed by atoms with van der Waals surface area (Å²) in [6.07, 6.45) is 74.2. The van der Waals surface area contributed by atoms with Crippen LogP contribution >= 0.6 is 0 Å². The van der Waals surface area contributed by atoms with E-state index in [1.54, 1.807) is 6.08 Å². The van der Waals surface area contributed by atoms with Gasteiger partial charge in [0, 0.05) is 0 Å². The lowest BCUT2D eigenvalue weighted by molar-refractivity contribution is -0.131. The van der Waals surface area contributed by atoms with Gasteiger partial charge in [0.05, 0.1) is 18.8 Å². The number of allylic oxidation sites excluding steroid dienone is 3. The molecule has 0 aromatic heterocycles. The summed E-state index contributed by atoms with van der Waals surface area (Å²) in [5.41, 5.74) is 0. The van der Waals surface area contributed by atoms with Crippen molar-refractivity contribution in [2.75, 3.05) is 6.61 Å². The fourth-order valence-electron chi connectivity index (χ4n) is 9.77. The Morgan fingerprint density at radius 1 is 0.358 bits per heavy atom. The molecule has 0 aliphatic carbocycles. The first-order chi connectivity index (χ1) is 33.1. The summed E-state index contributed by atoms with van der Waals surface area (Å²) in [5, 5.41) is 33.4. The van der Waals surface area contributed by atoms with Crippen molar-refractivity contribution in [1.82, 2.24) is 5.32 Å². The van der Waals surface area contributed by atoms with Gasteiger partial charge in [-0.1, -0.05) is 321 Å². The summed E-state index contributed by atoms with van der Waals surface area (Å²) < 4.78 is 0. The first kappa shape index (κ1) is 65.8. The van der Waals surface area contributed by atoms with E-state index in [9.17, 15) is 20.1 Å². The fourth-order valence-corrected chi connectivity index (χ4v) is 9.77. The third-order valence-electron chi connectivity index (χ3n) is 14.5. The summed E-state index contributed by atoms with van der Waals surface area (Å²) in [6.45, 7) is 4.23. The molecule has 0 heterocycles. The molecular weight excluding hydrogens is 823 g/mol. The molecule has 4 N–H and O–H groups in total. The van der Waals surface area contributed by atoms with E-state index >= 15 is 0 Å². The van der Waals surface area contributed by atoms with Gasteiger partial charge in [-0.25, -0.2) is 0 Å². The second-order valence-corrected chi connectivity index (χ2v) is 21.3. The highest BCUT2D eigenvalue weighted by molar-refractivity contribution is 5.80. The molecule has 0 aliphatic rings. The summed E-state index contributed by atoms with van der Waals surface area (Å²) in [6, 6.07) is -0.797. The van der Waals surface area contributed by atoms with E-state index in [1.165, 1.54) is 289 Å². The summed E-state index contributed by atoms with van der Waals surface area (Å²) in [5.74, 6) is -0.497. The molecule has 0 spiro atoms. The molecule has 67 heavy (non-hydrogen) atoms. The van der Waals surface area contributed by atoms with Crippen molar-refractivity contribution < 1.29 is 20.1 Å². The number of hydrogen-bond acceptors (Lipinski definition) is 4. The van der Waals surface area contributed by atoms with Crippen molar-refractivity contribution in [2.24, 2.45) is 0 Å². The SMILES string of the molecule is CCCCCCCCCCCCCC/C=C\CCCCCCCCCCCCCCCCCCC(O)C(=O)NC(CO)C(O)/C=C/CCCCCCCCCCCCCCCCCCCCC. The summed E-state index contributed by atoms with van der Waals surface area (Å²) in [7, 11) is 0. The Balaban J connectivity index is 3.51. The van der Waals surface area contributed by atoms with Crippen LogP contribution in [0.25, 0.3) is 0 Å². The first-order valence-corrected chi connectivity index (χ1v) is 30.7. The largest absolute Gasteiger partial charge is 0.394 e. The number of aliphatic hydroxyl groups excluding tert-OH is 3. The number of unbranched alkanes of at least 4 members (excludes halogenated alkanes) is 47. The summed E-state index contributed by atoms with van der Waals surface area (Å²) >= 11 is 0. The molecule has 5 nitrogen and oxygen atoms in total. The van der Waals surface area contributed by atoms with Gasteiger partial charge in [0.25, 0.3) is 0 Å². The Morgan fingerprint density at radius 2 is 0.597 bits per heavy atom. The van der Waals surface area contributed by atoms with Crippen LogP contribution in [-0.4, -0.2) is 46.1 Å². The van der Waals surface area contributed by atoms with Crippen LogP contribution in [0.2, 0.25) is 0 Å². The smallest absolute Gasteiger partial charge is 0.249 e. The lowest BCUT2D eigenvalue weighted by atomic mass is 10.0. The fraction of sp³-hybridized carbons (Fsp3) is 0.919. The van der Waals surface area contributed by atoms with E-state index in [2.05, 4.69) is 31.3 Å². The van der Waals surface area contributed by atoms with Gasteiger partial charge >= 0.3 is 0 Å². The van der Waals surface area contributed by atoms with Crippen molar-refractivity contribution in [2.45, 2.75) is 360 Å². The molecule has 3 unspecified atom stereocenters. The molecule has 0 rings (SSSR count). The third kappa shape index (κ3) is 52.5. The van der Waals surface area contributed by atoms with Gasteiger partial charge in [0.1, 0.15) is 6.10 Å². The lowest BCUT2D eigenvalue weighted by Crippen LogP contribution is -2.48. The average molecular weight is 945 g/mol. The molecule has 0 saturated heterocycles. The van der Waals surface area contributed by atoms with E-state index in [4.69, 9.17) is 0 Å². The lowest BCUT2D eigenvalue weighted by Gasteiger charge is -2.21. The minimum Gasteiger partial charge on any atom is -0.394 e. The number of aliphatic hydroxyl groups is 3. The highest BCUT2D eigenvalue weighted by atomic mass is 16.3. The second kappa shape index (κ2) is 57.4. The van der Waals surface area contributed by atoms with Crippen LogP contribution in [-0.2, 0) is 4.79 Å². The third-order valence-corrected chi connectivity index (χ3v) is 14.5. The van der Waals surface area contributed by atoms with Crippen LogP contribution < -0.4 is 5.32 Å². The molecule has 0 aromatic rings. The van der Waals surface area contributed by atoms with E-state index in [0.29, 0.717) is 6.42 Å². The minimum atomic E-state index is -1.10. The van der Waals surface area contributed by atoms with Crippen molar-refractivity contribution in [1.29, 1.82) is 0 Å². The van der Waals surface area contributed by atoms with Gasteiger partial charge in [0.15, 0.2) is 0 Å². The maximum absolute atomic E-state index is 12.6. The van der Waals surface area contributed by atoms with Gasteiger partial charge in [-0.3, -0.25) is 4.79 Å². The molecule has 0 fully saturated rings. The molecule has 0 radical (unpaired) electrons. The maximum Gasteiger partial charge on any atom is 0.249 e. The van der Waals surface area contributed by atoms with Gasteiger partial charge in [-0.15, -0.1) is 0 Å². The number of carbonyl (C=O) groups excluding carboxylic acids is 1. The van der Waals surface area contributed by atoms with E-state index in [0.717, 1.165) is 32.1 Å². The predicted molar refractivity (Wildman–Crippen MR) is 296 cm³/mol. The average Bonchev–Trinajstić information content (AvgIpc) is 3.33. The Bertz CT molecular complexity index is 998. The normalized spacial score (nSPS) is 13.3. The van der Waals surface area contributed by atoms with E-state index < -0.39 is 24.2 Å². The zero-order valence-electron chi connectivity index (χ0n) is 45.6. The molecule has 0 aromatic carbocycles. The zero-order valence-corrected chi connectivity index (χ0v) is 45.6. The van der Waals surface area contributed by atoms with Gasteiger partial charge in [-0.05, 0) is 44.9 Å². The Kier molecular flexibility index (Phi) is 56.4. The van der Waals surface area contributed by atoms with E-state index in [1.807, 2.05) is 6.08 Å². The highest BCUT2D eigenvalue weighted by Gasteiger charge is 2.22. The monoisotopic (exact) mass is 944 g/mol. The molecule has 5 heteroatoms. The van der Waals surface area contributed by atoms with Crippen molar-refractivity contribution in [3.63, 3.8) is 0 Å². The Labute approximate surface area is 420 Å². The maximum atomic E-state index is 12.6. The second-order valence-electron chi connectivity index (χ2n) is 21.3. The highest BCUT2D eigenvalue weighted by Crippen LogP contribution is 2.18. The van der Waals surface area contributed by atoms with Crippen LogP contribution in [0.3, 0.4) is 0 Å². The summed E-state index contributed by atoms with van der Waals surface area (Å²) in [4.78, 5) is 12.6. The van der Waals surface area contributed by atoms with E-state index in [-0.39, 0.29) is 6.61 Å². The minimum absolute atomic E-state index is 0.360. The quantitative estimate of drug-likeness (QED) is 0.0361. The van der Waals surface area contributed by atoms with Crippen molar-refractivity contribution in [3.8, 4) is 0 Å². The van der Waals surface area contributed by atoms with Gasteiger partial charge < -0.3 is 20.6 Å². The van der Waals surface area contributed by atoms with Crippen LogP contribution in [0.1, 0.15) is 341 Å². The van der Waals surface area contributed by atoms with Crippen LogP contribution in [0.4, 0.5) is 0 Å². The Morgan fingerprint density at radius 3 is 0.866 bits per heavy atom. The molecule has 0 aliphatic heterocycles. The number of nitrogens with one attached hydrogen (secondary N) is 1. The van der Waals surface area contributed by atoms with Crippen LogP contribution in [0.5, 0.6) is 0 Å². The van der Waals surface area contributed by atoms with Crippen LogP contribution in [0.15, 0.2) is 24.3 Å². The van der Waals surface area contributed by atoms with Crippen molar-refractivity contribution >= 4 is 5.91 Å². The zero-order chi connectivity index (χ0) is 48.6. The number of rotatable bonds is 57. The predicted octanol–water partition coefficient (Wildman–Crippen LogP) is 19.2. The molecule has 1 amide bonds. The molecule has 0 saturated carbocycles. The first-order valence-electron chi connectivity index (χ1n) is 30.7. The van der Waals surface area contributed by atoms with Crippen molar-refractivity contribution in [3.05, 3.63) is 24.3 Å². The molecule has 398 valence electrons. The van der Waals surface area contributed by atoms with Gasteiger partial charge in [0.2, 0.25) is 5.91 Å². The Hall–Kier alpha value is -1.17. The molecular formula is C62H121NO4. The number of hydrogen-bond donors (Lipinski definition) is 4. The van der Waals surface area contributed by atoms with Gasteiger partial charge in [-0.2, -0.15) is 0 Å². The molecule has 3 atom stereocenters. The molecule has 0 bridgehead atoms.